The number of aromatic amines is 1. The van der Waals surface area contributed by atoms with E-state index in [2.05, 4.69) is 32.8 Å². The number of aromatic nitrogens is 3. The minimum atomic E-state index is 0.255. The van der Waals surface area contributed by atoms with Gasteiger partial charge in [0.25, 0.3) is 0 Å². The molecule has 1 aliphatic rings. The van der Waals surface area contributed by atoms with Gasteiger partial charge in [-0.2, -0.15) is 5.26 Å². The first-order valence-corrected chi connectivity index (χ1v) is 7.95. The first kappa shape index (κ1) is 14.7. The number of hydrogen-bond acceptors (Lipinski definition) is 5. The Balaban J connectivity index is 1.90. The van der Waals surface area contributed by atoms with Crippen molar-refractivity contribution in [3.63, 3.8) is 0 Å². The number of nitriles is 1. The van der Waals surface area contributed by atoms with Crippen LogP contribution in [0.4, 0.5) is 5.82 Å². The molecule has 3 heterocycles. The van der Waals surface area contributed by atoms with Crippen LogP contribution in [0.5, 0.6) is 0 Å². The van der Waals surface area contributed by atoms with Crippen LogP contribution in [0, 0.1) is 11.3 Å². The summed E-state index contributed by atoms with van der Waals surface area (Å²) in [7, 11) is 0. The molecule has 1 fully saturated rings. The topological polar surface area (TPSA) is 77.8 Å². The Kier molecular flexibility index (Phi) is 3.63. The molecule has 24 heavy (non-hydrogen) atoms. The molecular weight excluding hydrogens is 302 g/mol. The van der Waals surface area contributed by atoms with Crippen LogP contribution in [-0.2, 0) is 4.74 Å². The van der Waals surface area contributed by atoms with Crippen LogP contribution in [0.2, 0.25) is 0 Å². The molecule has 0 saturated carbocycles. The van der Waals surface area contributed by atoms with Crippen molar-refractivity contribution < 1.29 is 4.74 Å². The maximum Gasteiger partial charge on any atom is 0.143 e. The zero-order valence-electron chi connectivity index (χ0n) is 13.4. The van der Waals surface area contributed by atoms with E-state index in [1.807, 2.05) is 24.4 Å². The van der Waals surface area contributed by atoms with Crippen LogP contribution in [-0.4, -0.2) is 40.8 Å². The predicted octanol–water partition coefficient (Wildman–Crippen LogP) is 2.72. The summed E-state index contributed by atoms with van der Waals surface area (Å²) < 4.78 is 5.54. The van der Waals surface area contributed by atoms with E-state index in [1.54, 1.807) is 12.4 Å². The first-order chi connectivity index (χ1) is 11.8. The summed E-state index contributed by atoms with van der Waals surface area (Å²) in [6.45, 7) is 4.32. The predicted molar refractivity (Wildman–Crippen MR) is 91.7 cm³/mol. The van der Waals surface area contributed by atoms with Gasteiger partial charge in [-0.05, 0) is 24.6 Å². The molecule has 4 rings (SSSR count). The number of ether oxygens (including phenoxy) is 1. The molecule has 0 amide bonds. The van der Waals surface area contributed by atoms with Gasteiger partial charge in [0.1, 0.15) is 17.8 Å². The van der Waals surface area contributed by atoms with Crippen LogP contribution in [0.1, 0.15) is 12.5 Å². The molecule has 1 N–H and O–H groups in total. The van der Waals surface area contributed by atoms with E-state index in [9.17, 15) is 0 Å². The Morgan fingerprint density at radius 3 is 3.12 bits per heavy atom. The fourth-order valence-corrected chi connectivity index (χ4v) is 3.19. The van der Waals surface area contributed by atoms with Crippen LogP contribution in [0.25, 0.3) is 22.2 Å². The summed E-state index contributed by atoms with van der Waals surface area (Å²) in [4.78, 5) is 14.4. The summed E-state index contributed by atoms with van der Waals surface area (Å²) in [5.41, 5.74) is 3.43. The molecule has 1 saturated heterocycles. The van der Waals surface area contributed by atoms with Crippen LogP contribution in [0.15, 0.2) is 36.8 Å². The summed E-state index contributed by atoms with van der Waals surface area (Å²) in [5.74, 6) is 0.911. The number of rotatable bonds is 2. The largest absolute Gasteiger partial charge is 0.377 e. The van der Waals surface area contributed by atoms with Gasteiger partial charge >= 0.3 is 0 Å². The van der Waals surface area contributed by atoms with Gasteiger partial charge in [-0.1, -0.05) is 12.1 Å². The summed E-state index contributed by atoms with van der Waals surface area (Å²) in [6, 6.07) is 10.0. The van der Waals surface area contributed by atoms with Crippen molar-refractivity contribution >= 4 is 16.9 Å². The Hall–Kier alpha value is -2.91. The molecule has 1 aromatic carbocycles. The molecule has 1 atom stereocenters. The van der Waals surface area contributed by atoms with Crippen molar-refractivity contribution in [2.24, 2.45) is 0 Å². The zero-order valence-corrected chi connectivity index (χ0v) is 13.4. The lowest BCUT2D eigenvalue weighted by Crippen LogP contribution is -2.44. The Morgan fingerprint density at radius 2 is 2.29 bits per heavy atom. The first-order valence-electron chi connectivity index (χ1n) is 7.95. The smallest absolute Gasteiger partial charge is 0.143 e. The van der Waals surface area contributed by atoms with Gasteiger partial charge in [0, 0.05) is 18.3 Å². The highest BCUT2D eigenvalue weighted by atomic mass is 16.5. The van der Waals surface area contributed by atoms with E-state index in [0.717, 1.165) is 34.5 Å². The highest BCUT2D eigenvalue weighted by molar-refractivity contribution is 6.01. The number of hydrogen-bond donors (Lipinski definition) is 1. The number of H-pyrrole nitrogens is 1. The summed E-state index contributed by atoms with van der Waals surface area (Å²) in [5, 5.41) is 10.1. The number of morpholine rings is 1. The lowest BCUT2D eigenvalue weighted by Gasteiger charge is -2.34. The average Bonchev–Trinajstić information content (AvgIpc) is 3.06. The molecule has 120 valence electrons. The molecular formula is C18H17N5O. The van der Waals surface area contributed by atoms with Gasteiger partial charge in [-0.25, -0.2) is 9.97 Å². The van der Waals surface area contributed by atoms with Crippen molar-refractivity contribution in [3.05, 3.63) is 42.4 Å². The molecule has 6 heteroatoms. The van der Waals surface area contributed by atoms with Crippen LogP contribution >= 0.6 is 0 Å². The van der Waals surface area contributed by atoms with Crippen LogP contribution in [0.3, 0.4) is 0 Å². The highest BCUT2D eigenvalue weighted by Crippen LogP contribution is 2.34. The summed E-state index contributed by atoms with van der Waals surface area (Å²) >= 11 is 0. The van der Waals surface area contributed by atoms with Gasteiger partial charge in [-0.3, -0.25) is 0 Å². The third-order valence-electron chi connectivity index (χ3n) is 4.39. The van der Waals surface area contributed by atoms with E-state index in [-0.39, 0.29) is 6.04 Å². The lowest BCUT2D eigenvalue weighted by molar-refractivity contribution is 0.0987. The number of nitrogens with one attached hydrogen (secondary N) is 1. The molecule has 6 nitrogen and oxygen atoms in total. The second kappa shape index (κ2) is 5.95. The van der Waals surface area contributed by atoms with E-state index < -0.39 is 0 Å². The van der Waals surface area contributed by atoms with E-state index in [4.69, 9.17) is 10.00 Å². The quantitative estimate of drug-likeness (QED) is 0.786. The van der Waals surface area contributed by atoms with Crippen molar-refractivity contribution in [1.82, 2.24) is 15.0 Å². The molecule has 0 spiro atoms. The minimum absolute atomic E-state index is 0.255. The zero-order chi connectivity index (χ0) is 16.5. The van der Waals surface area contributed by atoms with Crippen molar-refractivity contribution in [2.45, 2.75) is 13.0 Å². The molecule has 0 bridgehead atoms. The Bertz CT molecular complexity index is 927. The molecule has 1 unspecified atom stereocenters. The van der Waals surface area contributed by atoms with Crippen molar-refractivity contribution in [1.29, 1.82) is 5.26 Å². The van der Waals surface area contributed by atoms with Gasteiger partial charge in [0.2, 0.25) is 0 Å². The molecule has 2 aromatic heterocycles. The number of nitrogens with zero attached hydrogens (tertiary/aromatic N) is 4. The molecule has 1 aliphatic heterocycles. The van der Waals surface area contributed by atoms with Gasteiger partial charge in [0.05, 0.1) is 36.3 Å². The molecule has 0 aliphatic carbocycles. The second-order valence-corrected chi connectivity index (χ2v) is 5.93. The lowest BCUT2D eigenvalue weighted by atomic mass is 10.0. The monoisotopic (exact) mass is 319 g/mol. The van der Waals surface area contributed by atoms with Gasteiger partial charge < -0.3 is 14.6 Å². The third-order valence-corrected chi connectivity index (χ3v) is 4.39. The standard InChI is InChI=1S/C18H17N5O/c1-12-10-24-6-5-23(12)18-16-15(9-20-17(16)21-11-22-18)14-4-2-3-13(7-14)8-19/h2-4,7,9,11-12H,5-6,10H2,1H3,(H,20,21,22). The SMILES string of the molecule is CC1COCCN1c1ncnc2[nH]cc(-c3cccc(C#N)c3)c12. The average molecular weight is 319 g/mol. The van der Waals surface area contributed by atoms with E-state index >= 15 is 0 Å². The van der Waals surface area contributed by atoms with Gasteiger partial charge in [-0.15, -0.1) is 0 Å². The Morgan fingerprint density at radius 1 is 1.38 bits per heavy atom. The van der Waals surface area contributed by atoms with Gasteiger partial charge in [0.15, 0.2) is 0 Å². The van der Waals surface area contributed by atoms with E-state index in [0.29, 0.717) is 18.8 Å². The fourth-order valence-electron chi connectivity index (χ4n) is 3.19. The number of anilines is 1. The Labute approximate surface area is 139 Å². The van der Waals surface area contributed by atoms with Crippen molar-refractivity contribution in [2.75, 3.05) is 24.7 Å². The minimum Gasteiger partial charge on any atom is -0.377 e. The number of benzene rings is 1. The molecule has 0 radical (unpaired) electrons. The normalized spacial score (nSPS) is 17.8. The second-order valence-electron chi connectivity index (χ2n) is 5.93. The van der Waals surface area contributed by atoms with Crippen molar-refractivity contribution in [3.8, 4) is 17.2 Å². The highest BCUT2D eigenvalue weighted by Gasteiger charge is 2.24. The number of fused-ring (bicyclic) bond motifs is 1. The third kappa shape index (κ3) is 2.39. The molecule has 3 aromatic rings. The maximum atomic E-state index is 9.16. The maximum absolute atomic E-state index is 9.16. The fraction of sp³-hybridized carbons (Fsp3) is 0.278. The van der Waals surface area contributed by atoms with E-state index in [1.165, 1.54) is 0 Å². The summed E-state index contributed by atoms with van der Waals surface area (Å²) in [6.07, 6.45) is 3.52. The van der Waals surface area contributed by atoms with Crippen LogP contribution < -0.4 is 4.90 Å².